The number of sulfonamides is 2. The number of aliphatic hydroxyl groups excluding tert-OH is 1. The van der Waals surface area contributed by atoms with Crippen molar-refractivity contribution in [3.8, 4) is 0 Å². The third kappa shape index (κ3) is 4.78. The van der Waals surface area contributed by atoms with Gasteiger partial charge in [0.05, 0.1) is 17.0 Å². The van der Waals surface area contributed by atoms with Crippen LogP contribution in [0, 0.1) is 11.7 Å². The number of hydrogen-bond acceptors (Lipinski definition) is 7. The van der Waals surface area contributed by atoms with E-state index in [9.17, 15) is 31.1 Å². The Labute approximate surface area is 217 Å². The van der Waals surface area contributed by atoms with Crippen LogP contribution in [0.3, 0.4) is 0 Å². The van der Waals surface area contributed by atoms with Gasteiger partial charge in [0.25, 0.3) is 15.9 Å². The minimum Gasteiger partial charge on any atom is -0.511 e. The second kappa shape index (κ2) is 8.99. The summed E-state index contributed by atoms with van der Waals surface area (Å²) in [5, 5.41) is 13.8. The number of amides is 1. The molecular formula is C23H22ClFN4O6S2. The molecule has 1 fully saturated rings. The highest BCUT2D eigenvalue weighted by molar-refractivity contribution is 7.92. The molecule has 2 aromatic rings. The molecular weight excluding hydrogens is 547 g/mol. The maximum Gasteiger partial charge on any atom is 0.286 e. The summed E-state index contributed by atoms with van der Waals surface area (Å²) in [7, 11) is -8.01. The molecule has 0 spiro atoms. The van der Waals surface area contributed by atoms with Crippen molar-refractivity contribution in [2.75, 3.05) is 16.3 Å². The first-order valence-electron chi connectivity index (χ1n) is 11.3. The van der Waals surface area contributed by atoms with Crippen molar-refractivity contribution in [2.24, 2.45) is 10.3 Å². The molecule has 14 heteroatoms. The van der Waals surface area contributed by atoms with Crippen LogP contribution in [-0.4, -0.2) is 50.9 Å². The number of anilines is 2. The van der Waals surface area contributed by atoms with E-state index >= 15 is 0 Å². The van der Waals surface area contributed by atoms with Crippen molar-refractivity contribution in [1.29, 1.82) is 0 Å². The Bertz CT molecular complexity index is 1610. The van der Waals surface area contributed by atoms with Gasteiger partial charge in [-0.15, -0.1) is 4.40 Å². The molecule has 0 radical (unpaired) electrons. The van der Waals surface area contributed by atoms with Crippen LogP contribution >= 0.6 is 11.6 Å². The van der Waals surface area contributed by atoms with Gasteiger partial charge in [-0.1, -0.05) is 24.1 Å². The normalized spacial score (nSPS) is 22.7. The molecule has 37 heavy (non-hydrogen) atoms. The van der Waals surface area contributed by atoms with E-state index in [-0.39, 0.29) is 51.0 Å². The molecule has 2 heterocycles. The second-order valence-corrected chi connectivity index (χ2v) is 12.9. The lowest BCUT2D eigenvalue weighted by Crippen LogP contribution is -2.49. The maximum absolute atomic E-state index is 13.7. The predicted octanol–water partition coefficient (Wildman–Crippen LogP) is 3.39. The molecule has 0 aromatic heterocycles. The highest BCUT2D eigenvalue weighted by Gasteiger charge is 2.46. The first kappa shape index (κ1) is 25.5. The lowest BCUT2D eigenvalue weighted by Gasteiger charge is -2.39. The topological polar surface area (TPSA) is 145 Å². The Hall–Kier alpha value is -3.16. The Balaban J connectivity index is 1.53. The number of nitrogens with one attached hydrogen (secondary N) is 2. The molecule has 10 nitrogen and oxygen atoms in total. The first-order valence-corrected chi connectivity index (χ1v) is 15.0. The lowest BCUT2D eigenvalue weighted by atomic mass is 9.89. The van der Waals surface area contributed by atoms with Gasteiger partial charge in [-0.25, -0.2) is 12.8 Å². The summed E-state index contributed by atoms with van der Waals surface area (Å²) in [5.41, 5.74) is 0.416. The molecule has 2 aliphatic heterocycles. The van der Waals surface area contributed by atoms with Crippen molar-refractivity contribution in [1.82, 2.24) is 4.90 Å². The summed E-state index contributed by atoms with van der Waals surface area (Å²) in [6.45, 7) is 0.0773. The molecule has 1 amide bonds. The van der Waals surface area contributed by atoms with Gasteiger partial charge in [0.15, 0.2) is 5.84 Å². The van der Waals surface area contributed by atoms with Gasteiger partial charge in [0, 0.05) is 24.2 Å². The van der Waals surface area contributed by atoms with Gasteiger partial charge < -0.3 is 15.3 Å². The molecule has 1 saturated carbocycles. The third-order valence-corrected chi connectivity index (χ3v) is 8.78. The third-order valence-electron chi connectivity index (χ3n) is 6.56. The molecule has 5 rings (SSSR count). The van der Waals surface area contributed by atoms with E-state index in [1.54, 1.807) is 0 Å². The van der Waals surface area contributed by atoms with Crippen LogP contribution in [0.5, 0.6) is 0 Å². The molecule has 3 aliphatic rings. The average Bonchev–Trinajstić information content (AvgIpc) is 3.28. The summed E-state index contributed by atoms with van der Waals surface area (Å²) in [6.07, 6.45) is 2.91. The maximum atomic E-state index is 13.7. The van der Waals surface area contributed by atoms with E-state index in [2.05, 4.69) is 14.4 Å². The summed E-state index contributed by atoms with van der Waals surface area (Å²) in [5.74, 6) is -2.20. The number of nitrogens with zero attached hydrogens (tertiary/aromatic N) is 2. The number of benzene rings is 2. The minimum absolute atomic E-state index is 0.0269. The standard InChI is InChI=1S/C23H22ClFN4O6S2/c1-36(32,33)27-13-6-8-17-19(10-13)37(34,35)28-22(26-17)20-21(30)14-3-2-4-18(14)29(23(20)31)11-12-5-7-16(25)15(24)9-12/h5-10,14,18,27,30H,2-4,11H2,1H3,(H,26,28)/t14-,18+/m1/s1. The molecule has 0 unspecified atom stereocenters. The van der Waals surface area contributed by atoms with Crippen molar-refractivity contribution in [3.05, 3.63) is 64.1 Å². The minimum atomic E-state index is -4.36. The van der Waals surface area contributed by atoms with E-state index in [0.717, 1.165) is 18.7 Å². The molecule has 196 valence electrons. The first-order chi connectivity index (χ1) is 17.3. The largest absolute Gasteiger partial charge is 0.511 e. The number of aliphatic hydroxyl groups is 1. The Morgan fingerprint density at radius 1 is 1.24 bits per heavy atom. The van der Waals surface area contributed by atoms with E-state index in [0.29, 0.717) is 18.4 Å². The second-order valence-electron chi connectivity index (χ2n) is 9.17. The van der Waals surface area contributed by atoms with Crippen LogP contribution in [0.2, 0.25) is 5.02 Å². The number of carbonyl (C=O) groups excluding carboxylic acids is 1. The Morgan fingerprint density at radius 2 is 2.00 bits per heavy atom. The van der Waals surface area contributed by atoms with Crippen molar-refractivity contribution < 1.29 is 31.1 Å². The van der Waals surface area contributed by atoms with Crippen LogP contribution in [0.15, 0.2) is 57.0 Å². The summed E-state index contributed by atoms with van der Waals surface area (Å²) >= 11 is 5.92. The number of carbonyl (C=O) groups is 1. The fourth-order valence-electron chi connectivity index (χ4n) is 5.01. The van der Waals surface area contributed by atoms with Crippen LogP contribution in [0.25, 0.3) is 0 Å². The number of hydrogen-bond donors (Lipinski definition) is 3. The van der Waals surface area contributed by atoms with Gasteiger partial charge in [-0.05, 0) is 48.7 Å². The molecule has 3 N–H and O–H groups in total. The molecule has 2 aromatic carbocycles. The molecule has 1 aliphatic carbocycles. The van der Waals surface area contributed by atoms with Gasteiger partial charge in [0.1, 0.15) is 22.0 Å². The molecule has 0 bridgehead atoms. The van der Waals surface area contributed by atoms with Crippen LogP contribution in [-0.2, 0) is 31.4 Å². The van der Waals surface area contributed by atoms with Crippen molar-refractivity contribution in [3.63, 3.8) is 0 Å². The van der Waals surface area contributed by atoms with Gasteiger partial charge >= 0.3 is 0 Å². The Morgan fingerprint density at radius 3 is 2.70 bits per heavy atom. The van der Waals surface area contributed by atoms with Crippen LogP contribution < -0.4 is 10.0 Å². The van der Waals surface area contributed by atoms with Crippen LogP contribution in [0.4, 0.5) is 15.8 Å². The zero-order valence-electron chi connectivity index (χ0n) is 19.4. The predicted molar refractivity (Wildman–Crippen MR) is 136 cm³/mol. The van der Waals surface area contributed by atoms with E-state index in [1.807, 2.05) is 0 Å². The SMILES string of the molecule is CS(=O)(=O)Nc1ccc2c(c1)S(=O)(=O)N=C(C1=C(O)[C@@H]3CCC[C@@H]3N(Cc3ccc(F)c(Cl)c3)C1=O)N2. The van der Waals surface area contributed by atoms with E-state index in [4.69, 9.17) is 11.6 Å². The van der Waals surface area contributed by atoms with Gasteiger partial charge in [-0.2, -0.15) is 8.42 Å². The number of rotatable bonds is 5. The van der Waals surface area contributed by atoms with Crippen LogP contribution in [0.1, 0.15) is 24.8 Å². The number of halogens is 2. The van der Waals surface area contributed by atoms with Gasteiger partial charge in [0.2, 0.25) is 10.0 Å². The summed E-state index contributed by atoms with van der Waals surface area (Å²) in [4.78, 5) is 14.9. The highest BCUT2D eigenvalue weighted by Crippen LogP contribution is 2.42. The summed E-state index contributed by atoms with van der Waals surface area (Å²) in [6, 6.07) is 7.64. The fourth-order valence-corrected chi connectivity index (χ4v) is 6.92. The van der Waals surface area contributed by atoms with Crippen molar-refractivity contribution in [2.45, 2.75) is 36.7 Å². The lowest BCUT2D eigenvalue weighted by molar-refractivity contribution is -0.132. The monoisotopic (exact) mass is 568 g/mol. The molecule has 0 saturated heterocycles. The van der Waals surface area contributed by atoms with E-state index < -0.39 is 37.7 Å². The quantitative estimate of drug-likeness (QED) is 0.501. The highest BCUT2D eigenvalue weighted by atomic mass is 35.5. The zero-order chi connectivity index (χ0) is 26.7. The average molecular weight is 569 g/mol. The van der Waals surface area contributed by atoms with Gasteiger partial charge in [-0.3, -0.25) is 9.52 Å². The fraction of sp³-hybridized carbons (Fsp3) is 0.304. The smallest absolute Gasteiger partial charge is 0.286 e. The summed E-state index contributed by atoms with van der Waals surface area (Å²) < 4.78 is 68.8. The van der Waals surface area contributed by atoms with Crippen molar-refractivity contribution >= 4 is 54.8 Å². The molecule has 2 atom stereocenters. The Kier molecular flexibility index (Phi) is 6.20. The number of amidine groups is 1. The zero-order valence-corrected chi connectivity index (χ0v) is 21.8. The van der Waals surface area contributed by atoms with E-state index in [1.165, 1.54) is 35.2 Å². The number of fused-ring (bicyclic) bond motifs is 2.